The number of amides is 2. The summed E-state index contributed by atoms with van der Waals surface area (Å²) in [6.45, 7) is 15.6. The van der Waals surface area contributed by atoms with Crippen molar-refractivity contribution in [1.29, 1.82) is 0 Å². The van der Waals surface area contributed by atoms with Gasteiger partial charge in [-0.3, -0.25) is 14.5 Å². The molecule has 5 atom stereocenters. The van der Waals surface area contributed by atoms with Crippen LogP contribution in [0.3, 0.4) is 0 Å². The highest BCUT2D eigenvalue weighted by Gasteiger charge is 2.30. The molecule has 0 saturated carbocycles. The van der Waals surface area contributed by atoms with Gasteiger partial charge in [-0.05, 0) is 49.7 Å². The Kier molecular flexibility index (Phi) is 16.4. The lowest BCUT2D eigenvalue weighted by Gasteiger charge is -2.30. The van der Waals surface area contributed by atoms with Gasteiger partial charge in [0, 0.05) is 58.2 Å². The van der Waals surface area contributed by atoms with E-state index in [0.717, 1.165) is 39.3 Å². The van der Waals surface area contributed by atoms with Crippen LogP contribution in [-0.2, 0) is 14.3 Å². The first-order valence-electron chi connectivity index (χ1n) is 15.6. The lowest BCUT2D eigenvalue weighted by molar-refractivity contribution is -0.127. The minimum absolute atomic E-state index is 0.0465. The van der Waals surface area contributed by atoms with E-state index in [4.69, 9.17) is 19.9 Å². The number of hydrogen-bond donors (Lipinski definition) is 4. The first-order chi connectivity index (χ1) is 20.0. The van der Waals surface area contributed by atoms with E-state index >= 15 is 0 Å². The van der Waals surface area contributed by atoms with Crippen LogP contribution < -0.4 is 21.1 Å². The molecule has 0 aliphatic carbocycles. The van der Waals surface area contributed by atoms with Crippen molar-refractivity contribution in [3.63, 3.8) is 0 Å². The standard InChI is InChI=1S/C32H56N4O6/c1-22(2)25(21-35-31(38)26-9-7-8-10-30(26)42-16-11-24(5)40-6)19-28(33)29(37)20-27(23(3)4)32(39)34-12-13-36-14-17-41-18-15-36/h7-10,22-25,27-29,37H,11-21,33H2,1-6H3,(H,34,39)(H,35,38)/t24?,25-,27+,28+,29+/m1/s1. The first-order valence-corrected chi connectivity index (χ1v) is 15.6. The SMILES string of the molecule is COC(C)CCOc1ccccc1C(=O)NC[C@@H](C[C@H](N)[C@@H](O)C[C@H](C(=O)NCCN1CCOCC1)C(C)C)C(C)C. The van der Waals surface area contributed by atoms with Gasteiger partial charge < -0.3 is 35.7 Å². The van der Waals surface area contributed by atoms with Gasteiger partial charge in [-0.15, -0.1) is 0 Å². The zero-order chi connectivity index (χ0) is 31.1. The van der Waals surface area contributed by atoms with Crippen LogP contribution in [-0.4, -0.2) is 99.7 Å². The summed E-state index contributed by atoms with van der Waals surface area (Å²) in [5.41, 5.74) is 6.97. The average molecular weight is 593 g/mol. The molecule has 5 N–H and O–H groups in total. The van der Waals surface area contributed by atoms with Gasteiger partial charge in [0.15, 0.2) is 0 Å². The highest BCUT2D eigenvalue weighted by molar-refractivity contribution is 5.96. The number of ether oxygens (including phenoxy) is 3. The minimum Gasteiger partial charge on any atom is -0.493 e. The Bertz CT molecular complexity index is 924. The predicted octanol–water partition coefficient (Wildman–Crippen LogP) is 2.68. The fraction of sp³-hybridized carbons (Fsp3) is 0.750. The Labute approximate surface area is 253 Å². The van der Waals surface area contributed by atoms with Crippen molar-refractivity contribution >= 4 is 11.8 Å². The fourth-order valence-corrected chi connectivity index (χ4v) is 5.06. The molecule has 1 unspecified atom stereocenters. The van der Waals surface area contributed by atoms with Crippen molar-refractivity contribution in [2.75, 3.05) is 59.7 Å². The van der Waals surface area contributed by atoms with Crippen LogP contribution in [0, 0.1) is 23.7 Å². The first kappa shape index (κ1) is 36.0. The minimum atomic E-state index is -0.831. The molecule has 1 aromatic carbocycles. The van der Waals surface area contributed by atoms with Crippen LogP contribution in [0.5, 0.6) is 5.75 Å². The number of carbonyl (C=O) groups excluding carboxylic acids is 2. The number of benzene rings is 1. The molecule has 1 aliphatic rings. The Balaban J connectivity index is 1.88. The number of morpholine rings is 1. The highest BCUT2D eigenvalue weighted by atomic mass is 16.5. The number of para-hydroxylation sites is 1. The molecule has 2 amide bonds. The van der Waals surface area contributed by atoms with E-state index in [9.17, 15) is 14.7 Å². The zero-order valence-corrected chi connectivity index (χ0v) is 26.6. The number of aliphatic hydroxyl groups excluding tert-OH is 1. The fourth-order valence-electron chi connectivity index (χ4n) is 5.06. The van der Waals surface area contributed by atoms with E-state index < -0.39 is 12.1 Å². The summed E-state index contributed by atoms with van der Waals surface area (Å²) in [5.74, 6) is 0.291. The normalized spacial score (nSPS) is 17.9. The molecule has 10 heteroatoms. The lowest BCUT2D eigenvalue weighted by atomic mass is 9.83. The summed E-state index contributed by atoms with van der Waals surface area (Å²) in [6.07, 6.45) is 0.781. The summed E-state index contributed by atoms with van der Waals surface area (Å²) in [5, 5.41) is 17.1. The monoisotopic (exact) mass is 592 g/mol. The van der Waals surface area contributed by atoms with Gasteiger partial charge in [-0.1, -0.05) is 39.8 Å². The number of nitrogens with one attached hydrogen (secondary N) is 2. The number of nitrogens with two attached hydrogens (primary N) is 1. The molecule has 2 rings (SSSR count). The third-order valence-electron chi connectivity index (χ3n) is 8.32. The number of carbonyl (C=O) groups is 2. The van der Waals surface area contributed by atoms with Gasteiger partial charge in [0.05, 0.1) is 37.6 Å². The largest absolute Gasteiger partial charge is 0.493 e. The third kappa shape index (κ3) is 12.6. The van der Waals surface area contributed by atoms with Crippen molar-refractivity contribution in [2.24, 2.45) is 29.4 Å². The van der Waals surface area contributed by atoms with Crippen molar-refractivity contribution in [3.8, 4) is 5.75 Å². The van der Waals surface area contributed by atoms with E-state index in [2.05, 4.69) is 29.4 Å². The van der Waals surface area contributed by atoms with E-state index in [1.807, 2.05) is 32.9 Å². The molecule has 10 nitrogen and oxygen atoms in total. The zero-order valence-electron chi connectivity index (χ0n) is 26.6. The maximum atomic E-state index is 13.1. The Morgan fingerprint density at radius 2 is 1.74 bits per heavy atom. The van der Waals surface area contributed by atoms with Crippen LogP contribution in [0.25, 0.3) is 0 Å². The van der Waals surface area contributed by atoms with Crippen LogP contribution in [0.4, 0.5) is 0 Å². The Morgan fingerprint density at radius 1 is 1.05 bits per heavy atom. The molecule has 1 heterocycles. The lowest BCUT2D eigenvalue weighted by Crippen LogP contribution is -2.45. The number of aliphatic hydroxyl groups is 1. The second kappa shape index (κ2) is 19.1. The predicted molar refractivity (Wildman–Crippen MR) is 165 cm³/mol. The smallest absolute Gasteiger partial charge is 0.255 e. The van der Waals surface area contributed by atoms with Gasteiger partial charge in [0.2, 0.25) is 5.91 Å². The summed E-state index contributed by atoms with van der Waals surface area (Å²) in [6, 6.07) is 6.69. The quantitative estimate of drug-likeness (QED) is 0.193. The third-order valence-corrected chi connectivity index (χ3v) is 8.32. The van der Waals surface area contributed by atoms with E-state index in [1.165, 1.54) is 0 Å². The molecular formula is C32H56N4O6. The van der Waals surface area contributed by atoms with E-state index in [1.54, 1.807) is 19.2 Å². The van der Waals surface area contributed by atoms with Gasteiger partial charge >= 0.3 is 0 Å². The van der Waals surface area contributed by atoms with Gasteiger partial charge in [-0.2, -0.15) is 0 Å². The van der Waals surface area contributed by atoms with Crippen molar-refractivity contribution in [2.45, 2.75) is 72.1 Å². The van der Waals surface area contributed by atoms with Gasteiger partial charge in [-0.25, -0.2) is 0 Å². The maximum absolute atomic E-state index is 13.1. The van der Waals surface area contributed by atoms with E-state index in [-0.39, 0.29) is 41.6 Å². The molecule has 42 heavy (non-hydrogen) atoms. The summed E-state index contributed by atoms with van der Waals surface area (Å²) in [4.78, 5) is 28.4. The van der Waals surface area contributed by atoms with Crippen LogP contribution in [0.15, 0.2) is 24.3 Å². The van der Waals surface area contributed by atoms with Crippen molar-refractivity contribution in [1.82, 2.24) is 15.5 Å². The molecular weight excluding hydrogens is 536 g/mol. The summed E-state index contributed by atoms with van der Waals surface area (Å²) in [7, 11) is 1.66. The van der Waals surface area contributed by atoms with Gasteiger partial charge in [0.1, 0.15) is 5.75 Å². The molecule has 0 spiro atoms. The molecule has 240 valence electrons. The Hall–Kier alpha value is -2.24. The molecule has 0 bridgehead atoms. The average Bonchev–Trinajstić information content (AvgIpc) is 2.97. The second-order valence-corrected chi connectivity index (χ2v) is 12.2. The van der Waals surface area contributed by atoms with Crippen molar-refractivity contribution in [3.05, 3.63) is 29.8 Å². The molecule has 1 fully saturated rings. The molecule has 0 radical (unpaired) electrons. The van der Waals surface area contributed by atoms with Crippen LogP contribution >= 0.6 is 0 Å². The maximum Gasteiger partial charge on any atom is 0.255 e. The summed E-state index contributed by atoms with van der Waals surface area (Å²) >= 11 is 0. The number of methoxy groups -OCH3 is 1. The molecule has 1 aromatic rings. The van der Waals surface area contributed by atoms with Crippen LogP contribution in [0.1, 0.15) is 64.2 Å². The highest BCUT2D eigenvalue weighted by Crippen LogP contribution is 2.24. The number of rotatable bonds is 19. The van der Waals surface area contributed by atoms with Gasteiger partial charge in [0.25, 0.3) is 5.91 Å². The molecule has 1 aliphatic heterocycles. The number of hydrogen-bond acceptors (Lipinski definition) is 8. The topological polar surface area (TPSA) is 135 Å². The second-order valence-electron chi connectivity index (χ2n) is 12.2. The molecule has 1 saturated heterocycles. The molecule has 0 aromatic heterocycles. The Morgan fingerprint density at radius 3 is 2.38 bits per heavy atom. The summed E-state index contributed by atoms with van der Waals surface area (Å²) < 4.78 is 16.5. The number of nitrogens with zero attached hydrogens (tertiary/aromatic N) is 1. The van der Waals surface area contributed by atoms with E-state index in [0.29, 0.717) is 43.9 Å². The van der Waals surface area contributed by atoms with Crippen LogP contribution in [0.2, 0.25) is 0 Å². The van der Waals surface area contributed by atoms with Crippen molar-refractivity contribution < 1.29 is 28.9 Å².